The Morgan fingerprint density at radius 3 is 2.17 bits per heavy atom. The summed E-state index contributed by atoms with van der Waals surface area (Å²) in [6, 6.07) is -0.354. The van der Waals surface area contributed by atoms with Gasteiger partial charge in [0, 0.05) is 5.92 Å². The minimum absolute atomic E-state index is 0.0904. The van der Waals surface area contributed by atoms with E-state index >= 15 is 0 Å². The molecular formula is C14H27NO3. The standard InChI is InChI=1S/C14H27NO3/c1-8-10(4)12(16)11(9(2)3)15-13(17)18-14(5,6)7/h8-12,16H,1H2,2-7H3,(H,15,17)/t10-,11-,12+/m0/s1. The van der Waals surface area contributed by atoms with E-state index in [0.29, 0.717) is 0 Å². The van der Waals surface area contributed by atoms with Crippen LogP contribution in [0.25, 0.3) is 0 Å². The predicted octanol–water partition coefficient (Wildman–Crippen LogP) is 2.72. The van der Waals surface area contributed by atoms with Crippen LogP contribution in [-0.2, 0) is 4.74 Å². The predicted molar refractivity (Wildman–Crippen MR) is 73.4 cm³/mol. The Bertz CT molecular complexity index is 281. The molecule has 0 aliphatic carbocycles. The van der Waals surface area contributed by atoms with Crippen LogP contribution in [0.5, 0.6) is 0 Å². The highest BCUT2D eigenvalue weighted by atomic mass is 16.6. The molecule has 0 unspecified atom stereocenters. The maximum absolute atomic E-state index is 11.7. The number of ether oxygens (including phenoxy) is 1. The topological polar surface area (TPSA) is 58.6 Å². The summed E-state index contributed by atoms with van der Waals surface area (Å²) < 4.78 is 5.19. The van der Waals surface area contributed by atoms with Crippen molar-refractivity contribution in [2.75, 3.05) is 0 Å². The molecule has 0 aromatic carbocycles. The molecule has 4 nitrogen and oxygen atoms in total. The highest BCUT2D eigenvalue weighted by Gasteiger charge is 2.29. The van der Waals surface area contributed by atoms with E-state index in [-0.39, 0.29) is 17.9 Å². The Hall–Kier alpha value is -1.03. The number of carbonyl (C=O) groups is 1. The molecule has 1 amide bonds. The Balaban J connectivity index is 4.64. The zero-order chi connectivity index (χ0) is 14.5. The summed E-state index contributed by atoms with van der Waals surface area (Å²) in [6.07, 6.45) is 0.503. The number of amides is 1. The van der Waals surface area contributed by atoms with Gasteiger partial charge in [-0.15, -0.1) is 6.58 Å². The number of carbonyl (C=O) groups excluding carboxylic acids is 1. The molecule has 0 saturated carbocycles. The molecule has 0 spiro atoms. The lowest BCUT2D eigenvalue weighted by molar-refractivity contribution is 0.0314. The molecular weight excluding hydrogens is 230 g/mol. The second kappa shape index (κ2) is 6.78. The fourth-order valence-corrected chi connectivity index (χ4v) is 1.56. The molecule has 0 heterocycles. The average Bonchev–Trinajstić information content (AvgIpc) is 2.20. The first-order valence-corrected chi connectivity index (χ1v) is 6.38. The van der Waals surface area contributed by atoms with E-state index in [4.69, 9.17) is 4.74 Å². The zero-order valence-electron chi connectivity index (χ0n) is 12.4. The van der Waals surface area contributed by atoms with E-state index < -0.39 is 17.8 Å². The summed E-state index contributed by atoms with van der Waals surface area (Å²) in [4.78, 5) is 11.7. The Morgan fingerprint density at radius 2 is 1.83 bits per heavy atom. The SMILES string of the molecule is C=C[C@H](C)[C@@H](O)[C@@H](NC(=O)OC(C)(C)C)C(C)C. The van der Waals surface area contributed by atoms with Crippen molar-refractivity contribution >= 4 is 6.09 Å². The molecule has 0 aliphatic rings. The smallest absolute Gasteiger partial charge is 0.407 e. The second-order valence-corrected chi connectivity index (χ2v) is 6.00. The number of rotatable bonds is 5. The van der Waals surface area contributed by atoms with E-state index in [2.05, 4.69) is 11.9 Å². The average molecular weight is 257 g/mol. The Morgan fingerprint density at radius 1 is 1.33 bits per heavy atom. The molecule has 3 atom stereocenters. The molecule has 0 fully saturated rings. The van der Waals surface area contributed by atoms with Gasteiger partial charge in [-0.1, -0.05) is 26.8 Å². The van der Waals surface area contributed by atoms with E-state index in [1.54, 1.807) is 26.8 Å². The maximum Gasteiger partial charge on any atom is 0.407 e. The number of nitrogens with one attached hydrogen (secondary N) is 1. The number of hydrogen-bond acceptors (Lipinski definition) is 3. The molecule has 4 heteroatoms. The Kier molecular flexibility index (Phi) is 6.39. The molecule has 0 aliphatic heterocycles. The van der Waals surface area contributed by atoms with Gasteiger partial charge in [0.2, 0.25) is 0 Å². The fourth-order valence-electron chi connectivity index (χ4n) is 1.56. The third-order valence-corrected chi connectivity index (χ3v) is 2.68. The van der Waals surface area contributed by atoms with Crippen LogP contribution in [0, 0.1) is 11.8 Å². The van der Waals surface area contributed by atoms with Gasteiger partial charge in [0.1, 0.15) is 5.60 Å². The molecule has 0 aromatic rings. The molecule has 0 saturated heterocycles. The third kappa shape index (κ3) is 6.05. The minimum Gasteiger partial charge on any atom is -0.444 e. The van der Waals surface area contributed by atoms with Crippen molar-refractivity contribution in [3.8, 4) is 0 Å². The summed E-state index contributed by atoms with van der Waals surface area (Å²) in [7, 11) is 0. The number of aliphatic hydroxyl groups is 1. The van der Waals surface area contributed by atoms with Crippen LogP contribution < -0.4 is 5.32 Å². The molecule has 0 rings (SSSR count). The van der Waals surface area contributed by atoms with Gasteiger partial charge in [-0.2, -0.15) is 0 Å². The quantitative estimate of drug-likeness (QED) is 0.744. The Labute approximate surface area is 110 Å². The van der Waals surface area contributed by atoms with Crippen LogP contribution in [-0.4, -0.2) is 28.9 Å². The van der Waals surface area contributed by atoms with E-state index in [0.717, 1.165) is 0 Å². The second-order valence-electron chi connectivity index (χ2n) is 6.00. The van der Waals surface area contributed by atoms with Crippen molar-refractivity contribution in [2.45, 2.75) is 59.3 Å². The van der Waals surface area contributed by atoms with Crippen LogP contribution in [0.1, 0.15) is 41.5 Å². The normalized spacial score (nSPS) is 16.9. The summed E-state index contributed by atoms with van der Waals surface area (Å²) in [6.45, 7) is 14.8. The van der Waals surface area contributed by atoms with Gasteiger partial charge >= 0.3 is 6.09 Å². The molecule has 0 bridgehead atoms. The molecule has 0 radical (unpaired) electrons. The van der Waals surface area contributed by atoms with Crippen LogP contribution in [0.2, 0.25) is 0 Å². The lowest BCUT2D eigenvalue weighted by atomic mass is 9.90. The van der Waals surface area contributed by atoms with Gasteiger partial charge < -0.3 is 15.2 Å². The van der Waals surface area contributed by atoms with Crippen molar-refractivity contribution in [1.29, 1.82) is 0 Å². The van der Waals surface area contributed by atoms with Gasteiger partial charge in [-0.25, -0.2) is 4.79 Å². The van der Waals surface area contributed by atoms with Crippen LogP contribution >= 0.6 is 0 Å². The summed E-state index contributed by atoms with van der Waals surface area (Å²) in [5.74, 6) is 0.0160. The lowest BCUT2D eigenvalue weighted by Crippen LogP contribution is -2.50. The summed E-state index contributed by atoms with van der Waals surface area (Å²) >= 11 is 0. The number of aliphatic hydroxyl groups excluding tert-OH is 1. The molecule has 106 valence electrons. The van der Waals surface area contributed by atoms with Crippen LogP contribution in [0.4, 0.5) is 4.79 Å². The van der Waals surface area contributed by atoms with Crippen molar-refractivity contribution in [3.63, 3.8) is 0 Å². The van der Waals surface area contributed by atoms with E-state index in [9.17, 15) is 9.90 Å². The largest absolute Gasteiger partial charge is 0.444 e. The highest BCUT2D eigenvalue weighted by Crippen LogP contribution is 2.16. The van der Waals surface area contributed by atoms with Crippen molar-refractivity contribution in [2.24, 2.45) is 11.8 Å². The highest BCUT2D eigenvalue weighted by molar-refractivity contribution is 5.68. The first kappa shape index (κ1) is 17.0. The summed E-state index contributed by atoms with van der Waals surface area (Å²) in [5, 5.41) is 12.9. The maximum atomic E-state index is 11.7. The number of hydrogen-bond donors (Lipinski definition) is 2. The number of alkyl carbamates (subject to hydrolysis) is 1. The first-order chi connectivity index (χ1) is 8.08. The van der Waals surface area contributed by atoms with E-state index in [1.807, 2.05) is 20.8 Å². The van der Waals surface area contributed by atoms with Gasteiger partial charge in [-0.05, 0) is 26.7 Å². The van der Waals surface area contributed by atoms with E-state index in [1.165, 1.54) is 0 Å². The minimum atomic E-state index is -0.671. The molecule has 2 N–H and O–H groups in total. The monoisotopic (exact) mass is 257 g/mol. The molecule has 0 aromatic heterocycles. The van der Waals surface area contributed by atoms with Crippen molar-refractivity contribution in [3.05, 3.63) is 12.7 Å². The molecule has 18 heavy (non-hydrogen) atoms. The van der Waals surface area contributed by atoms with Crippen LogP contribution in [0.3, 0.4) is 0 Å². The van der Waals surface area contributed by atoms with Crippen LogP contribution in [0.15, 0.2) is 12.7 Å². The third-order valence-electron chi connectivity index (χ3n) is 2.68. The summed E-state index contributed by atoms with van der Waals surface area (Å²) in [5.41, 5.74) is -0.541. The van der Waals surface area contributed by atoms with Gasteiger partial charge in [0.15, 0.2) is 0 Å². The van der Waals surface area contributed by atoms with Gasteiger partial charge in [0.05, 0.1) is 12.1 Å². The first-order valence-electron chi connectivity index (χ1n) is 6.38. The van der Waals surface area contributed by atoms with Crippen molar-refractivity contribution < 1.29 is 14.6 Å². The lowest BCUT2D eigenvalue weighted by Gasteiger charge is -2.31. The van der Waals surface area contributed by atoms with Crippen molar-refractivity contribution in [1.82, 2.24) is 5.32 Å². The van der Waals surface area contributed by atoms with Gasteiger partial charge in [-0.3, -0.25) is 0 Å². The van der Waals surface area contributed by atoms with Gasteiger partial charge in [0.25, 0.3) is 0 Å². The fraction of sp³-hybridized carbons (Fsp3) is 0.786. The zero-order valence-corrected chi connectivity index (χ0v) is 12.4.